The number of primary amides is 1. The predicted molar refractivity (Wildman–Crippen MR) is 87.4 cm³/mol. The number of carboxylic acids is 1. The van der Waals surface area contributed by atoms with E-state index in [1.807, 2.05) is 60.7 Å². The van der Waals surface area contributed by atoms with Crippen LogP contribution in [0.25, 0.3) is 0 Å². The Morgan fingerprint density at radius 1 is 0.913 bits per heavy atom. The van der Waals surface area contributed by atoms with E-state index in [0.29, 0.717) is 13.1 Å². The van der Waals surface area contributed by atoms with E-state index in [1.54, 1.807) is 4.90 Å². The van der Waals surface area contributed by atoms with Crippen molar-refractivity contribution in [2.24, 2.45) is 5.73 Å². The van der Waals surface area contributed by atoms with Crippen LogP contribution >= 0.6 is 0 Å². The highest BCUT2D eigenvalue weighted by molar-refractivity contribution is 5.84. The molecule has 0 aliphatic heterocycles. The van der Waals surface area contributed by atoms with E-state index in [4.69, 9.17) is 10.8 Å². The molecule has 120 valence electrons. The SMILES string of the molecule is NC(=O)[C@H](CC(=O)O)N(Cc1ccccc1)Cc1ccccc1. The fraction of sp³-hybridized carbons (Fsp3) is 0.222. The minimum absolute atomic E-state index is 0.311. The second kappa shape index (κ2) is 8.10. The number of nitrogens with zero attached hydrogens (tertiary/aromatic N) is 1. The van der Waals surface area contributed by atoms with Crippen LogP contribution in [0.2, 0.25) is 0 Å². The Bertz CT molecular complexity index is 602. The Morgan fingerprint density at radius 3 is 1.70 bits per heavy atom. The van der Waals surface area contributed by atoms with E-state index >= 15 is 0 Å². The largest absolute Gasteiger partial charge is 0.481 e. The van der Waals surface area contributed by atoms with Crippen molar-refractivity contribution in [2.75, 3.05) is 0 Å². The molecule has 0 unspecified atom stereocenters. The van der Waals surface area contributed by atoms with Gasteiger partial charge in [-0.25, -0.2) is 0 Å². The molecule has 0 aliphatic carbocycles. The van der Waals surface area contributed by atoms with E-state index in [2.05, 4.69) is 0 Å². The number of carbonyl (C=O) groups excluding carboxylic acids is 1. The first-order chi connectivity index (χ1) is 11.1. The molecule has 0 fully saturated rings. The van der Waals surface area contributed by atoms with Gasteiger partial charge >= 0.3 is 5.97 Å². The van der Waals surface area contributed by atoms with Crippen molar-refractivity contribution >= 4 is 11.9 Å². The quantitative estimate of drug-likeness (QED) is 0.781. The number of nitrogens with two attached hydrogens (primary N) is 1. The molecular weight excluding hydrogens is 292 g/mol. The van der Waals surface area contributed by atoms with Crippen LogP contribution in [0.15, 0.2) is 60.7 Å². The summed E-state index contributed by atoms with van der Waals surface area (Å²) in [5.74, 6) is -1.67. The Kier molecular flexibility index (Phi) is 5.88. The topological polar surface area (TPSA) is 83.6 Å². The van der Waals surface area contributed by atoms with Crippen LogP contribution in [0.5, 0.6) is 0 Å². The number of carboxylic acid groups (broad SMARTS) is 1. The summed E-state index contributed by atoms with van der Waals surface area (Å²) < 4.78 is 0. The second-order valence-electron chi connectivity index (χ2n) is 5.39. The van der Waals surface area contributed by atoms with Crippen LogP contribution in [-0.2, 0) is 22.7 Å². The zero-order valence-electron chi connectivity index (χ0n) is 12.8. The Balaban J connectivity index is 2.25. The summed E-state index contributed by atoms with van der Waals surface area (Å²) in [6.45, 7) is 0.910. The average Bonchev–Trinajstić information content (AvgIpc) is 2.53. The van der Waals surface area contributed by atoms with Crippen LogP contribution in [-0.4, -0.2) is 27.9 Å². The molecule has 5 nitrogen and oxygen atoms in total. The number of aliphatic carboxylic acids is 1. The summed E-state index contributed by atoms with van der Waals surface area (Å²) in [5, 5.41) is 9.08. The molecule has 2 aromatic rings. The van der Waals surface area contributed by atoms with Crippen molar-refractivity contribution in [3.8, 4) is 0 Å². The summed E-state index contributed by atoms with van der Waals surface area (Å²) >= 11 is 0. The molecular formula is C18H20N2O3. The van der Waals surface area contributed by atoms with Crippen LogP contribution < -0.4 is 5.73 Å². The maximum absolute atomic E-state index is 11.8. The molecule has 1 atom stereocenters. The van der Waals surface area contributed by atoms with Crippen molar-refractivity contribution in [1.29, 1.82) is 0 Å². The van der Waals surface area contributed by atoms with Crippen LogP contribution in [0.4, 0.5) is 0 Å². The monoisotopic (exact) mass is 312 g/mol. The number of benzene rings is 2. The van der Waals surface area contributed by atoms with Crippen molar-refractivity contribution in [3.05, 3.63) is 71.8 Å². The van der Waals surface area contributed by atoms with Crippen molar-refractivity contribution in [2.45, 2.75) is 25.6 Å². The lowest BCUT2D eigenvalue weighted by molar-refractivity contribution is -0.141. The third-order valence-corrected chi connectivity index (χ3v) is 3.59. The first-order valence-electron chi connectivity index (χ1n) is 7.39. The van der Waals surface area contributed by atoms with Crippen LogP contribution in [0, 0.1) is 0 Å². The minimum atomic E-state index is -1.04. The highest BCUT2D eigenvalue weighted by Gasteiger charge is 2.26. The first-order valence-corrected chi connectivity index (χ1v) is 7.39. The van der Waals surface area contributed by atoms with Gasteiger partial charge in [-0.15, -0.1) is 0 Å². The molecule has 0 spiro atoms. The maximum Gasteiger partial charge on any atom is 0.305 e. The summed E-state index contributed by atoms with van der Waals surface area (Å²) in [6, 6.07) is 18.4. The molecule has 0 aliphatic rings. The van der Waals surface area contributed by atoms with Gasteiger partial charge < -0.3 is 10.8 Å². The normalized spacial score (nSPS) is 12.0. The van der Waals surface area contributed by atoms with Gasteiger partial charge in [-0.2, -0.15) is 0 Å². The summed E-state index contributed by atoms with van der Waals surface area (Å²) in [6.07, 6.45) is -0.311. The fourth-order valence-electron chi connectivity index (χ4n) is 2.49. The van der Waals surface area contributed by atoms with Gasteiger partial charge in [0.2, 0.25) is 5.91 Å². The molecule has 3 N–H and O–H groups in total. The van der Waals surface area contributed by atoms with Gasteiger partial charge in [0, 0.05) is 13.1 Å². The average molecular weight is 312 g/mol. The van der Waals surface area contributed by atoms with E-state index in [9.17, 15) is 9.59 Å². The molecule has 2 rings (SSSR count). The van der Waals surface area contributed by atoms with Crippen LogP contribution in [0.3, 0.4) is 0 Å². The molecule has 2 aromatic carbocycles. The summed E-state index contributed by atoms with van der Waals surface area (Å²) in [4.78, 5) is 24.7. The maximum atomic E-state index is 11.8. The molecule has 0 saturated carbocycles. The summed E-state index contributed by atoms with van der Waals surface area (Å²) in [7, 11) is 0. The second-order valence-corrected chi connectivity index (χ2v) is 5.39. The lowest BCUT2D eigenvalue weighted by Crippen LogP contribution is -2.45. The predicted octanol–water partition coefficient (Wildman–Crippen LogP) is 2.02. The summed E-state index contributed by atoms with van der Waals surface area (Å²) in [5.41, 5.74) is 7.45. The number of amides is 1. The van der Waals surface area contributed by atoms with Gasteiger partial charge in [0.05, 0.1) is 6.42 Å². The van der Waals surface area contributed by atoms with Gasteiger partial charge in [-0.3, -0.25) is 14.5 Å². The van der Waals surface area contributed by atoms with Crippen LogP contribution in [0.1, 0.15) is 17.5 Å². The molecule has 0 aromatic heterocycles. The van der Waals surface area contributed by atoms with E-state index in [-0.39, 0.29) is 6.42 Å². The standard InChI is InChI=1S/C18H20N2O3/c19-18(23)16(11-17(21)22)20(12-14-7-3-1-4-8-14)13-15-9-5-2-6-10-15/h1-10,16H,11-13H2,(H2,19,23)(H,21,22)/t16-/m0/s1. The van der Waals surface area contributed by atoms with Crippen molar-refractivity contribution in [1.82, 2.24) is 4.90 Å². The molecule has 5 heteroatoms. The Labute approximate surface area is 135 Å². The molecule has 23 heavy (non-hydrogen) atoms. The van der Waals surface area contributed by atoms with Gasteiger partial charge in [-0.05, 0) is 11.1 Å². The van der Waals surface area contributed by atoms with E-state index in [1.165, 1.54) is 0 Å². The third kappa shape index (κ3) is 5.23. The lowest BCUT2D eigenvalue weighted by atomic mass is 10.1. The number of hydrogen-bond acceptors (Lipinski definition) is 3. The lowest BCUT2D eigenvalue weighted by Gasteiger charge is -2.29. The van der Waals surface area contributed by atoms with Gasteiger partial charge in [-0.1, -0.05) is 60.7 Å². The zero-order valence-corrected chi connectivity index (χ0v) is 12.8. The van der Waals surface area contributed by atoms with Gasteiger partial charge in [0.25, 0.3) is 0 Å². The molecule has 0 bridgehead atoms. The van der Waals surface area contributed by atoms with E-state index < -0.39 is 17.9 Å². The molecule has 0 saturated heterocycles. The van der Waals surface area contributed by atoms with E-state index in [0.717, 1.165) is 11.1 Å². The zero-order chi connectivity index (χ0) is 16.7. The molecule has 1 amide bonds. The number of carbonyl (C=O) groups is 2. The van der Waals surface area contributed by atoms with Crippen molar-refractivity contribution < 1.29 is 14.7 Å². The molecule has 0 radical (unpaired) electrons. The first kappa shape index (κ1) is 16.7. The Hall–Kier alpha value is -2.66. The number of rotatable bonds is 8. The fourth-order valence-corrected chi connectivity index (χ4v) is 2.49. The number of hydrogen-bond donors (Lipinski definition) is 2. The minimum Gasteiger partial charge on any atom is -0.481 e. The van der Waals surface area contributed by atoms with Gasteiger partial charge in [0.15, 0.2) is 0 Å². The Morgan fingerprint density at radius 2 is 1.35 bits per heavy atom. The third-order valence-electron chi connectivity index (χ3n) is 3.59. The van der Waals surface area contributed by atoms with Gasteiger partial charge in [0.1, 0.15) is 6.04 Å². The highest BCUT2D eigenvalue weighted by atomic mass is 16.4. The van der Waals surface area contributed by atoms with Crippen molar-refractivity contribution in [3.63, 3.8) is 0 Å². The molecule has 0 heterocycles. The highest BCUT2D eigenvalue weighted by Crippen LogP contribution is 2.15. The smallest absolute Gasteiger partial charge is 0.305 e.